The van der Waals surface area contributed by atoms with Gasteiger partial charge in [0, 0.05) is 24.6 Å². The van der Waals surface area contributed by atoms with Gasteiger partial charge in [-0.25, -0.2) is 0 Å². The maximum atomic E-state index is 14.0. The van der Waals surface area contributed by atoms with Crippen LogP contribution in [0.5, 0.6) is 11.5 Å². The van der Waals surface area contributed by atoms with Crippen molar-refractivity contribution in [2.45, 2.75) is 51.2 Å². The van der Waals surface area contributed by atoms with Crippen molar-refractivity contribution in [2.24, 2.45) is 0 Å². The zero-order chi connectivity index (χ0) is 28.1. The molecule has 40 heavy (non-hydrogen) atoms. The Bertz CT molecular complexity index is 1300. The van der Waals surface area contributed by atoms with E-state index in [-0.39, 0.29) is 30.5 Å². The second-order valence-corrected chi connectivity index (χ2v) is 11.7. The van der Waals surface area contributed by atoms with Gasteiger partial charge in [0.05, 0.1) is 24.8 Å². The number of benzene rings is 2. The Balaban J connectivity index is 1.35. The number of rotatable bonds is 10. The van der Waals surface area contributed by atoms with Crippen LogP contribution in [0.2, 0.25) is 0 Å². The van der Waals surface area contributed by atoms with Crippen LogP contribution in [-0.4, -0.2) is 67.7 Å². The van der Waals surface area contributed by atoms with E-state index in [4.69, 9.17) is 14.2 Å². The highest BCUT2D eigenvalue weighted by atomic mass is 32.1. The third-order valence-corrected chi connectivity index (χ3v) is 8.77. The molecule has 3 heterocycles. The van der Waals surface area contributed by atoms with Crippen molar-refractivity contribution < 1.29 is 23.8 Å². The highest BCUT2D eigenvalue weighted by Crippen LogP contribution is 2.34. The molecule has 1 aromatic heterocycles. The van der Waals surface area contributed by atoms with Crippen molar-refractivity contribution in [2.75, 3.05) is 40.0 Å². The van der Waals surface area contributed by atoms with Crippen LogP contribution in [0, 0.1) is 0 Å². The van der Waals surface area contributed by atoms with Crippen LogP contribution >= 0.6 is 11.3 Å². The number of fused-ring (bicyclic) bond motifs is 1. The minimum absolute atomic E-state index is 0.0319. The molecule has 0 bridgehead atoms. The van der Waals surface area contributed by atoms with Gasteiger partial charge in [0.25, 0.3) is 5.91 Å². The highest BCUT2D eigenvalue weighted by molar-refractivity contribution is 7.10. The quantitative estimate of drug-likeness (QED) is 0.317. The Morgan fingerprint density at radius 3 is 2.65 bits per heavy atom. The average molecular weight is 563 g/mol. The first kappa shape index (κ1) is 28.2. The summed E-state index contributed by atoms with van der Waals surface area (Å²) in [5.41, 5.74) is 2.83. The minimum Gasteiger partial charge on any atom is -0.496 e. The molecule has 2 aliphatic rings. The molecule has 5 rings (SSSR count). The van der Waals surface area contributed by atoms with E-state index in [1.165, 1.54) is 10.4 Å². The lowest BCUT2D eigenvalue weighted by molar-refractivity contribution is -0.135. The molecule has 2 amide bonds. The van der Waals surface area contributed by atoms with Crippen LogP contribution in [0.15, 0.2) is 60.0 Å². The van der Waals surface area contributed by atoms with Gasteiger partial charge in [-0.3, -0.25) is 9.59 Å². The number of hydrogen-bond donors (Lipinski definition) is 0. The van der Waals surface area contributed by atoms with Gasteiger partial charge in [0.15, 0.2) is 0 Å². The monoisotopic (exact) mass is 562 g/mol. The fourth-order valence-electron chi connectivity index (χ4n) is 5.50. The molecule has 1 saturated heterocycles. The summed E-state index contributed by atoms with van der Waals surface area (Å²) in [5, 5.41) is 2.08. The number of thiophene rings is 1. The third kappa shape index (κ3) is 6.34. The lowest BCUT2D eigenvalue weighted by Crippen LogP contribution is -2.49. The maximum absolute atomic E-state index is 14.0. The molecule has 3 aromatic rings. The lowest BCUT2D eigenvalue weighted by Gasteiger charge is -2.37. The van der Waals surface area contributed by atoms with E-state index in [1.807, 2.05) is 29.2 Å². The summed E-state index contributed by atoms with van der Waals surface area (Å²) < 4.78 is 17.6. The van der Waals surface area contributed by atoms with E-state index in [9.17, 15) is 9.59 Å². The van der Waals surface area contributed by atoms with Gasteiger partial charge in [-0.15, -0.1) is 11.3 Å². The smallest absolute Gasteiger partial charge is 0.258 e. The highest BCUT2D eigenvalue weighted by Gasteiger charge is 2.35. The topological polar surface area (TPSA) is 68.3 Å². The molecule has 0 spiro atoms. The largest absolute Gasteiger partial charge is 0.496 e. The Labute approximate surface area is 240 Å². The van der Waals surface area contributed by atoms with Crippen LogP contribution in [0.25, 0.3) is 0 Å². The van der Waals surface area contributed by atoms with Crippen LogP contribution in [0.1, 0.15) is 65.0 Å². The van der Waals surface area contributed by atoms with Gasteiger partial charge >= 0.3 is 0 Å². The number of carbonyl (C=O) groups is 2. The molecule has 0 saturated carbocycles. The van der Waals surface area contributed by atoms with Crippen LogP contribution < -0.4 is 9.47 Å². The van der Waals surface area contributed by atoms with Crippen LogP contribution in [0.4, 0.5) is 0 Å². The van der Waals surface area contributed by atoms with Crippen molar-refractivity contribution >= 4 is 23.2 Å². The molecule has 1 fully saturated rings. The molecule has 8 heteroatoms. The number of nitrogens with zero attached hydrogens (tertiary/aromatic N) is 2. The van der Waals surface area contributed by atoms with Gasteiger partial charge in [-0.1, -0.05) is 38.1 Å². The molecule has 212 valence electrons. The second-order valence-electron chi connectivity index (χ2n) is 10.7. The van der Waals surface area contributed by atoms with Gasteiger partial charge in [-0.2, -0.15) is 0 Å². The molecule has 2 aromatic carbocycles. The first-order chi connectivity index (χ1) is 19.4. The number of amides is 2. The predicted octanol–water partition coefficient (Wildman–Crippen LogP) is 5.71. The number of para-hydroxylation sites is 1. The Morgan fingerprint density at radius 2 is 1.93 bits per heavy atom. The summed E-state index contributed by atoms with van der Waals surface area (Å²) in [7, 11) is 1.55. The molecule has 0 radical (unpaired) electrons. The predicted molar refractivity (Wildman–Crippen MR) is 156 cm³/mol. The molecule has 2 atom stereocenters. The maximum Gasteiger partial charge on any atom is 0.258 e. The number of hydrogen-bond acceptors (Lipinski definition) is 6. The van der Waals surface area contributed by atoms with Crippen molar-refractivity contribution in [1.29, 1.82) is 0 Å². The van der Waals surface area contributed by atoms with Crippen molar-refractivity contribution in [3.8, 4) is 11.5 Å². The summed E-state index contributed by atoms with van der Waals surface area (Å²) in [6.07, 6.45) is 2.55. The zero-order valence-electron chi connectivity index (χ0n) is 23.5. The van der Waals surface area contributed by atoms with Gasteiger partial charge in [-0.05, 0) is 72.0 Å². The fraction of sp³-hybridized carbons (Fsp3) is 0.438. The molecule has 0 aliphatic carbocycles. The summed E-state index contributed by atoms with van der Waals surface area (Å²) in [5.74, 6) is 1.40. The summed E-state index contributed by atoms with van der Waals surface area (Å²) in [6.45, 7) is 6.28. The SMILES string of the molecule is COc1ccccc1C(=O)N(CC(=O)N1CCc2sccc2[C@@H]1COc1ccc(C(C)C)cc1)C[C@H]1CCCO1. The standard InChI is InChI=1S/C32H38N2O5S/c1-22(2)23-10-12-24(13-11-23)39-21-28-26-15-18-40-30(26)14-16-34(28)31(35)20-33(19-25-7-6-17-38-25)32(36)27-8-4-5-9-29(27)37-3/h4-5,8-13,15,18,22,25,28H,6-7,14,16-17,19-21H2,1-3H3/t25-,28+/m1/s1. The molecular weight excluding hydrogens is 524 g/mol. The average Bonchev–Trinajstić information content (AvgIpc) is 3.67. The molecule has 0 N–H and O–H groups in total. The summed E-state index contributed by atoms with van der Waals surface area (Å²) in [6, 6.07) is 17.2. The van der Waals surface area contributed by atoms with Gasteiger partial charge in [0.1, 0.15) is 24.7 Å². The fourth-order valence-corrected chi connectivity index (χ4v) is 6.43. The Morgan fingerprint density at radius 1 is 1.12 bits per heavy atom. The van der Waals surface area contributed by atoms with E-state index in [0.29, 0.717) is 43.5 Å². The Hall–Kier alpha value is -3.36. The third-order valence-electron chi connectivity index (χ3n) is 7.77. The first-order valence-electron chi connectivity index (χ1n) is 14.1. The second kappa shape index (κ2) is 12.9. The van der Waals surface area contributed by atoms with E-state index in [1.54, 1.807) is 35.5 Å². The van der Waals surface area contributed by atoms with E-state index >= 15 is 0 Å². The minimum atomic E-state index is -0.229. The summed E-state index contributed by atoms with van der Waals surface area (Å²) in [4.78, 5) is 32.5. The van der Waals surface area contributed by atoms with E-state index in [2.05, 4.69) is 37.4 Å². The number of methoxy groups -OCH3 is 1. The van der Waals surface area contributed by atoms with Gasteiger partial charge in [0.2, 0.25) is 5.91 Å². The van der Waals surface area contributed by atoms with Crippen molar-refractivity contribution in [3.05, 3.63) is 81.5 Å². The molecule has 0 unspecified atom stereocenters. The zero-order valence-corrected chi connectivity index (χ0v) is 24.3. The van der Waals surface area contributed by atoms with Gasteiger partial charge < -0.3 is 24.0 Å². The van der Waals surface area contributed by atoms with E-state index < -0.39 is 0 Å². The normalized spacial score (nSPS) is 18.4. The van der Waals surface area contributed by atoms with Crippen molar-refractivity contribution in [1.82, 2.24) is 9.80 Å². The van der Waals surface area contributed by atoms with E-state index in [0.717, 1.165) is 30.6 Å². The van der Waals surface area contributed by atoms with Crippen LogP contribution in [0.3, 0.4) is 0 Å². The lowest BCUT2D eigenvalue weighted by atomic mass is 10.00. The molecular formula is C32H38N2O5S. The molecule has 7 nitrogen and oxygen atoms in total. The summed E-state index contributed by atoms with van der Waals surface area (Å²) >= 11 is 1.72. The van der Waals surface area contributed by atoms with Crippen LogP contribution in [-0.2, 0) is 16.0 Å². The number of carbonyl (C=O) groups excluding carboxylic acids is 2. The Kier molecular flexibility index (Phi) is 9.07. The first-order valence-corrected chi connectivity index (χ1v) is 14.9. The number of ether oxygens (including phenoxy) is 3. The van der Waals surface area contributed by atoms with Crippen molar-refractivity contribution in [3.63, 3.8) is 0 Å². The molecule has 2 aliphatic heterocycles.